The van der Waals surface area contributed by atoms with Crippen molar-refractivity contribution >= 4 is 17.4 Å². The summed E-state index contributed by atoms with van der Waals surface area (Å²) in [5.41, 5.74) is 0.591. The van der Waals surface area contributed by atoms with Crippen LogP contribution in [-0.4, -0.2) is 26.6 Å². The number of rotatable bonds is 5. The molecule has 0 radical (unpaired) electrons. The average Bonchev–Trinajstić information content (AvgIpc) is 2.26. The molecule has 1 rings (SSSR count). The summed E-state index contributed by atoms with van der Waals surface area (Å²) in [6.45, 7) is 0.420. The summed E-state index contributed by atoms with van der Waals surface area (Å²) in [4.78, 5) is 11.6. The van der Waals surface area contributed by atoms with Crippen molar-refractivity contribution in [2.45, 2.75) is 6.42 Å². The van der Waals surface area contributed by atoms with E-state index in [1.54, 1.807) is 25.3 Å². The summed E-state index contributed by atoms with van der Waals surface area (Å²) >= 11 is 5.84. The van der Waals surface area contributed by atoms with Crippen LogP contribution in [0.4, 0.5) is 0 Å². The van der Waals surface area contributed by atoms with Gasteiger partial charge in [0, 0.05) is 19.1 Å². The highest BCUT2D eigenvalue weighted by Gasteiger charge is 2.08. The van der Waals surface area contributed by atoms with Crippen LogP contribution in [0.2, 0.25) is 5.02 Å². The van der Waals surface area contributed by atoms with Crippen molar-refractivity contribution in [3.8, 4) is 5.75 Å². The molecule has 0 aliphatic carbocycles. The second-order valence-electron chi connectivity index (χ2n) is 3.02. The fourth-order valence-corrected chi connectivity index (χ4v) is 1.37. The standard InChI is InChI=1S/C11H13ClO3/c1-14-6-5-10(13)8-3-4-9(12)11(7-8)15-2/h3-4,7H,5-6H2,1-2H3. The summed E-state index contributed by atoms with van der Waals surface area (Å²) < 4.78 is 9.86. The van der Waals surface area contributed by atoms with Crippen LogP contribution in [0, 0.1) is 0 Å². The molecule has 3 nitrogen and oxygen atoms in total. The van der Waals surface area contributed by atoms with Crippen molar-refractivity contribution in [2.24, 2.45) is 0 Å². The number of Topliss-reactive ketones (excluding diaryl/α,β-unsaturated/α-hetero) is 1. The van der Waals surface area contributed by atoms with Gasteiger partial charge in [-0.3, -0.25) is 4.79 Å². The van der Waals surface area contributed by atoms with Gasteiger partial charge < -0.3 is 9.47 Å². The Hall–Kier alpha value is -1.06. The number of hydrogen-bond donors (Lipinski definition) is 0. The Morgan fingerprint density at radius 3 is 2.73 bits per heavy atom. The Morgan fingerprint density at radius 2 is 2.13 bits per heavy atom. The van der Waals surface area contributed by atoms with E-state index >= 15 is 0 Å². The predicted octanol–water partition coefficient (Wildman–Crippen LogP) is 2.57. The smallest absolute Gasteiger partial charge is 0.165 e. The number of hydrogen-bond acceptors (Lipinski definition) is 3. The SMILES string of the molecule is COCCC(=O)c1ccc(Cl)c(OC)c1. The number of benzene rings is 1. The topological polar surface area (TPSA) is 35.5 Å². The number of halogens is 1. The lowest BCUT2D eigenvalue weighted by atomic mass is 10.1. The van der Waals surface area contributed by atoms with Crippen molar-refractivity contribution in [3.05, 3.63) is 28.8 Å². The van der Waals surface area contributed by atoms with Gasteiger partial charge in [0.25, 0.3) is 0 Å². The first-order valence-corrected chi connectivity index (χ1v) is 4.92. The van der Waals surface area contributed by atoms with E-state index in [0.29, 0.717) is 29.4 Å². The third kappa shape index (κ3) is 3.22. The van der Waals surface area contributed by atoms with Gasteiger partial charge in [0.15, 0.2) is 5.78 Å². The van der Waals surface area contributed by atoms with Crippen LogP contribution in [0.5, 0.6) is 5.75 Å². The lowest BCUT2D eigenvalue weighted by Crippen LogP contribution is -2.03. The zero-order valence-corrected chi connectivity index (χ0v) is 9.50. The van der Waals surface area contributed by atoms with Gasteiger partial charge >= 0.3 is 0 Å². The molecular weight excluding hydrogens is 216 g/mol. The van der Waals surface area contributed by atoms with Gasteiger partial charge in [-0.1, -0.05) is 11.6 Å². The molecule has 0 aliphatic heterocycles. The molecule has 0 atom stereocenters. The van der Waals surface area contributed by atoms with E-state index in [0.717, 1.165) is 0 Å². The predicted molar refractivity (Wildman–Crippen MR) is 58.8 cm³/mol. The van der Waals surface area contributed by atoms with Gasteiger partial charge in [0.2, 0.25) is 0 Å². The minimum Gasteiger partial charge on any atom is -0.495 e. The van der Waals surface area contributed by atoms with E-state index in [-0.39, 0.29) is 5.78 Å². The molecule has 82 valence electrons. The Balaban J connectivity index is 2.81. The van der Waals surface area contributed by atoms with Gasteiger partial charge in [-0.25, -0.2) is 0 Å². The molecule has 1 aromatic carbocycles. The minimum atomic E-state index is 0.0202. The molecule has 4 heteroatoms. The molecule has 0 bridgehead atoms. The number of methoxy groups -OCH3 is 2. The molecule has 0 aromatic heterocycles. The van der Waals surface area contributed by atoms with E-state index in [9.17, 15) is 4.79 Å². The molecule has 0 amide bonds. The highest BCUT2D eigenvalue weighted by molar-refractivity contribution is 6.32. The highest BCUT2D eigenvalue weighted by Crippen LogP contribution is 2.25. The van der Waals surface area contributed by atoms with E-state index in [1.165, 1.54) is 7.11 Å². The Labute approximate surface area is 93.9 Å². The highest BCUT2D eigenvalue weighted by atomic mass is 35.5. The Bertz CT molecular complexity index is 350. The molecule has 0 fully saturated rings. The van der Waals surface area contributed by atoms with Crippen LogP contribution in [0.25, 0.3) is 0 Å². The third-order valence-corrected chi connectivity index (χ3v) is 2.32. The van der Waals surface area contributed by atoms with E-state index in [1.807, 2.05) is 0 Å². The zero-order chi connectivity index (χ0) is 11.3. The second kappa shape index (κ2) is 5.73. The van der Waals surface area contributed by atoms with Crippen molar-refractivity contribution in [1.82, 2.24) is 0 Å². The third-order valence-electron chi connectivity index (χ3n) is 2.01. The monoisotopic (exact) mass is 228 g/mol. The number of ketones is 1. The molecule has 0 saturated heterocycles. The van der Waals surface area contributed by atoms with Gasteiger partial charge in [-0.15, -0.1) is 0 Å². The van der Waals surface area contributed by atoms with Gasteiger partial charge in [0.05, 0.1) is 18.7 Å². The molecule has 0 unspecified atom stereocenters. The van der Waals surface area contributed by atoms with E-state index < -0.39 is 0 Å². The summed E-state index contributed by atoms with van der Waals surface area (Å²) in [6.07, 6.45) is 0.362. The van der Waals surface area contributed by atoms with Crippen LogP contribution in [0.3, 0.4) is 0 Å². The summed E-state index contributed by atoms with van der Waals surface area (Å²) in [5, 5.41) is 0.501. The summed E-state index contributed by atoms with van der Waals surface area (Å²) in [7, 11) is 3.08. The average molecular weight is 229 g/mol. The fraction of sp³-hybridized carbons (Fsp3) is 0.364. The van der Waals surface area contributed by atoms with E-state index in [4.69, 9.17) is 21.1 Å². The largest absolute Gasteiger partial charge is 0.495 e. The van der Waals surface area contributed by atoms with Gasteiger partial charge in [-0.05, 0) is 18.2 Å². The molecule has 0 saturated carbocycles. The number of carbonyl (C=O) groups excluding carboxylic acids is 1. The molecule has 0 aliphatic rings. The van der Waals surface area contributed by atoms with Crippen LogP contribution in [0.1, 0.15) is 16.8 Å². The fourth-order valence-electron chi connectivity index (χ4n) is 1.17. The first-order chi connectivity index (χ1) is 7.19. The van der Waals surface area contributed by atoms with E-state index in [2.05, 4.69) is 0 Å². The lowest BCUT2D eigenvalue weighted by molar-refractivity contribution is 0.0932. The van der Waals surface area contributed by atoms with Crippen LogP contribution in [-0.2, 0) is 4.74 Å². The molecule has 1 aromatic rings. The molecular formula is C11H13ClO3. The van der Waals surface area contributed by atoms with Gasteiger partial charge in [-0.2, -0.15) is 0 Å². The lowest BCUT2D eigenvalue weighted by Gasteiger charge is -2.05. The maximum absolute atomic E-state index is 11.6. The first kappa shape index (κ1) is 12.0. The summed E-state index contributed by atoms with van der Waals surface area (Å²) in [6, 6.07) is 4.98. The van der Waals surface area contributed by atoms with Crippen molar-refractivity contribution in [1.29, 1.82) is 0 Å². The summed E-state index contributed by atoms with van der Waals surface area (Å²) in [5.74, 6) is 0.534. The van der Waals surface area contributed by atoms with Crippen LogP contribution < -0.4 is 4.74 Å². The maximum atomic E-state index is 11.6. The number of carbonyl (C=O) groups is 1. The minimum absolute atomic E-state index is 0.0202. The molecule has 15 heavy (non-hydrogen) atoms. The van der Waals surface area contributed by atoms with Crippen molar-refractivity contribution in [3.63, 3.8) is 0 Å². The molecule has 0 heterocycles. The van der Waals surface area contributed by atoms with Crippen LogP contribution >= 0.6 is 11.6 Å². The second-order valence-corrected chi connectivity index (χ2v) is 3.42. The quantitative estimate of drug-likeness (QED) is 0.727. The molecule has 0 spiro atoms. The molecule has 0 N–H and O–H groups in total. The normalized spacial score (nSPS) is 10.1. The Kier molecular flexibility index (Phi) is 4.59. The first-order valence-electron chi connectivity index (χ1n) is 4.54. The number of ether oxygens (including phenoxy) is 2. The zero-order valence-electron chi connectivity index (χ0n) is 8.75. The van der Waals surface area contributed by atoms with Crippen molar-refractivity contribution in [2.75, 3.05) is 20.8 Å². The van der Waals surface area contributed by atoms with Crippen LogP contribution in [0.15, 0.2) is 18.2 Å². The van der Waals surface area contributed by atoms with Crippen molar-refractivity contribution < 1.29 is 14.3 Å². The Morgan fingerprint density at radius 1 is 1.40 bits per heavy atom. The maximum Gasteiger partial charge on any atom is 0.165 e. The van der Waals surface area contributed by atoms with Gasteiger partial charge in [0.1, 0.15) is 5.75 Å².